The van der Waals surface area contributed by atoms with Crippen LogP contribution in [0.1, 0.15) is 88.2 Å². The van der Waals surface area contributed by atoms with E-state index in [2.05, 4.69) is 39.5 Å². The van der Waals surface area contributed by atoms with Gasteiger partial charge in [0.1, 0.15) is 35.5 Å². The molecular formula is C80H90F18N8O8. The standard InChI is InChI=1S/2C18H18F3NO2.2C11H13F3N2O.2C11H14F3NO/c2*1-11-13-8-14(15(9-13)22(11)2)16(18(19,20)21)17(23)24-10-12-6-4-3-5-7-12;2*1-5-6-3-7(8(4-6)16(5)2)9(10(15)17)11(12,13)14;2*1-6-7-3-8(10(4-7)15(6)2)9(5-16)11(12,13)14/h2*3-7,13,15H,1,8-10H2,2H3;2*6,8H,1,3-4H2,2H3,(H2,15,17);2*7,10,16H,1,3-5H2,2H3/b16-14+;16-14-;9-7+;9-7-;9-8+;9-8-. The number of piperidine rings is 6. The molecule has 2 aromatic rings. The SMILES string of the molecule is C=C1C2C/C(=C(/C(=O)OCc3ccccc3)C(F)(F)F)C(C2)N1C.C=C1C2C/C(=C(/C(N)=O)C(F)(F)F)C(C2)N1C.C=C1C2C/C(=C(/CO)C(F)(F)F)C(C2)N1C.C=C1C2C/C(=C(\C(=O)OCc3ccccc3)C(F)(F)F)C(C2)N1C.C=C1C2C/C(=C(\C(N)=O)C(F)(F)F)C(C2)N1C.C=C1C2C/C(=C(\CO)C(F)(F)F)C(C2)N1C. The van der Waals surface area contributed by atoms with Crippen LogP contribution in [0.4, 0.5) is 79.0 Å². The van der Waals surface area contributed by atoms with Gasteiger partial charge in [-0.3, -0.25) is 9.59 Å². The van der Waals surface area contributed by atoms with E-state index < -0.39 is 120 Å². The highest BCUT2D eigenvalue weighted by Gasteiger charge is 2.56. The van der Waals surface area contributed by atoms with E-state index in [1.165, 1.54) is 0 Å². The summed E-state index contributed by atoms with van der Waals surface area (Å²) in [6.07, 6.45) is -22.2. The summed E-state index contributed by atoms with van der Waals surface area (Å²) in [5.41, 5.74) is 11.2. The Kier molecular flexibility index (Phi) is 26.0. The van der Waals surface area contributed by atoms with E-state index in [0.717, 1.165) is 34.2 Å². The lowest BCUT2D eigenvalue weighted by atomic mass is 9.97. The van der Waals surface area contributed by atoms with Crippen molar-refractivity contribution in [2.24, 2.45) is 47.0 Å². The summed E-state index contributed by atoms with van der Waals surface area (Å²) in [7, 11) is 10.3. The summed E-state index contributed by atoms with van der Waals surface area (Å²) < 4.78 is 243. The van der Waals surface area contributed by atoms with Gasteiger partial charge in [-0.15, -0.1) is 0 Å². The molecule has 6 heterocycles. The highest BCUT2D eigenvalue weighted by molar-refractivity contribution is 5.95. The fourth-order valence-corrected chi connectivity index (χ4v) is 18.1. The summed E-state index contributed by atoms with van der Waals surface area (Å²) in [4.78, 5) is 56.8. The Labute approximate surface area is 647 Å². The van der Waals surface area contributed by atoms with Gasteiger partial charge in [0.25, 0.3) is 11.8 Å². The highest BCUT2D eigenvalue weighted by Crippen LogP contribution is 2.56. The number of nitrogens with zero attached hydrogens (tertiary/aromatic N) is 6. The Morgan fingerprint density at radius 2 is 0.535 bits per heavy atom. The summed E-state index contributed by atoms with van der Waals surface area (Å²) in [6.45, 7) is 21.0. The van der Waals surface area contributed by atoms with E-state index in [-0.39, 0.29) is 121 Å². The number of ether oxygens (including phenoxy) is 2. The van der Waals surface area contributed by atoms with Gasteiger partial charge in [-0.05, 0) is 122 Å². The van der Waals surface area contributed by atoms with Crippen LogP contribution >= 0.6 is 0 Å². The average molecular weight is 1630 g/mol. The van der Waals surface area contributed by atoms with Crippen molar-refractivity contribution in [2.75, 3.05) is 55.5 Å². The van der Waals surface area contributed by atoms with Crippen LogP contribution in [0.2, 0.25) is 0 Å². The minimum atomic E-state index is -4.73. The zero-order valence-electron chi connectivity index (χ0n) is 63.2. The van der Waals surface area contributed by atoms with Gasteiger partial charge >= 0.3 is 49.0 Å². The molecular weight excluding hydrogens is 1540 g/mol. The van der Waals surface area contributed by atoms with Crippen LogP contribution in [0.5, 0.6) is 0 Å². The Hall–Kier alpha value is -9.34. The van der Waals surface area contributed by atoms with Crippen molar-refractivity contribution in [1.82, 2.24) is 29.4 Å². The Bertz CT molecular complexity index is 4040. The van der Waals surface area contributed by atoms with Gasteiger partial charge in [-0.2, -0.15) is 79.0 Å². The van der Waals surface area contributed by atoms with E-state index in [4.69, 9.17) is 31.2 Å². The number of amides is 2. The maximum absolute atomic E-state index is 13.5. The second-order valence-corrected chi connectivity index (χ2v) is 30.3. The van der Waals surface area contributed by atoms with Crippen molar-refractivity contribution < 1.29 is 118 Å². The van der Waals surface area contributed by atoms with Gasteiger partial charge in [0.2, 0.25) is 0 Å². The number of carbonyl (C=O) groups excluding carboxylic acids is 4. The first kappa shape index (κ1) is 88.6. The first-order valence-electron chi connectivity index (χ1n) is 36.3. The maximum atomic E-state index is 13.5. The second-order valence-electron chi connectivity index (χ2n) is 30.3. The number of hydrogen-bond donors (Lipinski definition) is 4. The van der Waals surface area contributed by atoms with Crippen LogP contribution in [0.25, 0.3) is 0 Å². The first-order chi connectivity index (χ1) is 52.8. The molecule has 12 bridgehead atoms. The Morgan fingerprint density at radius 3 is 0.702 bits per heavy atom. The molecule has 6 aliphatic carbocycles. The lowest BCUT2D eigenvalue weighted by Gasteiger charge is -2.30. The summed E-state index contributed by atoms with van der Waals surface area (Å²) in [5, 5.41) is 17.8. The summed E-state index contributed by atoms with van der Waals surface area (Å²) >= 11 is 0. The van der Waals surface area contributed by atoms with Crippen molar-refractivity contribution >= 4 is 23.8 Å². The van der Waals surface area contributed by atoms with Crippen molar-refractivity contribution in [3.8, 4) is 0 Å². The zero-order chi connectivity index (χ0) is 85.0. The lowest BCUT2D eigenvalue weighted by molar-refractivity contribution is -0.154. The quantitative estimate of drug-likeness (QED) is 0.0758. The maximum Gasteiger partial charge on any atom is 0.423 e. The number of likely N-dealkylation sites (tertiary alicyclic amines) is 6. The van der Waals surface area contributed by atoms with Crippen molar-refractivity contribution in [1.29, 1.82) is 0 Å². The number of allylic oxidation sites excluding steroid dienone is 6. The Morgan fingerprint density at radius 1 is 0.342 bits per heavy atom. The summed E-state index contributed by atoms with van der Waals surface area (Å²) in [5.74, 6) is -5.15. The number of primary amides is 2. The molecule has 12 fully saturated rings. The van der Waals surface area contributed by atoms with Crippen LogP contribution in [0.3, 0.4) is 0 Å². The molecule has 0 spiro atoms. The number of rotatable bonds is 10. The number of aliphatic hydroxyl groups is 2. The van der Waals surface area contributed by atoms with Crippen LogP contribution < -0.4 is 11.5 Å². The molecule has 624 valence electrons. The third-order valence-corrected chi connectivity index (χ3v) is 24.1. The predicted octanol–water partition coefficient (Wildman–Crippen LogP) is 14.9. The number of fused-ring (bicyclic) bond motifs is 12. The fraction of sp³-hybridized carbons (Fsp3) is 0.500. The third-order valence-electron chi connectivity index (χ3n) is 24.1. The molecule has 6 N–H and O–H groups in total. The smallest absolute Gasteiger partial charge is 0.423 e. The van der Waals surface area contributed by atoms with Gasteiger partial charge in [0.05, 0.1) is 60.6 Å². The summed E-state index contributed by atoms with van der Waals surface area (Å²) in [6, 6.07) is 15.3. The number of benzene rings is 2. The van der Waals surface area contributed by atoms with E-state index in [1.54, 1.807) is 132 Å². The van der Waals surface area contributed by atoms with Crippen molar-refractivity contribution in [3.63, 3.8) is 0 Å². The molecule has 114 heavy (non-hydrogen) atoms. The molecule has 14 rings (SSSR count). The molecule has 0 radical (unpaired) electrons. The normalized spacial score (nSPS) is 29.0. The molecule has 12 unspecified atom stereocenters. The number of alkyl halides is 18. The number of aliphatic hydroxyl groups excluding tert-OH is 2. The molecule has 12 aliphatic rings. The van der Waals surface area contributed by atoms with E-state index in [1.807, 2.05) is 0 Å². The van der Waals surface area contributed by atoms with E-state index in [0.29, 0.717) is 73.6 Å². The first-order valence-corrected chi connectivity index (χ1v) is 36.3. The molecule has 34 heteroatoms. The number of nitrogens with two attached hydrogens (primary N) is 2. The molecule has 6 aliphatic heterocycles. The predicted molar refractivity (Wildman–Crippen MR) is 384 cm³/mol. The van der Waals surface area contributed by atoms with Crippen LogP contribution in [-0.2, 0) is 41.9 Å². The highest BCUT2D eigenvalue weighted by atomic mass is 19.4. The largest absolute Gasteiger partial charge is 0.457 e. The van der Waals surface area contributed by atoms with Crippen molar-refractivity contribution in [2.45, 2.75) is 164 Å². The molecule has 12 atom stereocenters. The number of likely N-dealkylation sites (N-methyl/N-ethyl adjacent to an activating group) is 6. The van der Waals surface area contributed by atoms with Crippen LogP contribution in [-0.4, -0.2) is 192 Å². The molecule has 2 aromatic carbocycles. The third kappa shape index (κ3) is 18.3. The molecule has 6 saturated carbocycles. The topological polar surface area (TPSA) is 199 Å². The van der Waals surface area contributed by atoms with Crippen LogP contribution in [0, 0.1) is 35.5 Å². The van der Waals surface area contributed by atoms with Gasteiger partial charge < -0.3 is 60.6 Å². The molecule has 6 saturated heterocycles. The zero-order valence-corrected chi connectivity index (χ0v) is 63.2. The van der Waals surface area contributed by atoms with Gasteiger partial charge in [0.15, 0.2) is 0 Å². The Balaban J connectivity index is 0.000000158. The minimum Gasteiger partial charge on any atom is -0.457 e. The van der Waals surface area contributed by atoms with Gasteiger partial charge in [-0.25, -0.2) is 9.59 Å². The second kappa shape index (κ2) is 33.5. The molecule has 16 nitrogen and oxygen atoms in total. The molecule has 0 aromatic heterocycles. The average Bonchev–Trinajstić information content (AvgIpc) is 1.58. The minimum absolute atomic E-state index is 0.0108. The van der Waals surface area contributed by atoms with Gasteiger partial charge in [0, 0.05) is 112 Å². The van der Waals surface area contributed by atoms with E-state index >= 15 is 0 Å². The number of esters is 2. The van der Waals surface area contributed by atoms with Crippen LogP contribution in [0.15, 0.2) is 201 Å². The number of halogens is 18. The monoisotopic (exact) mass is 1630 g/mol. The molecule has 2 amide bonds. The van der Waals surface area contributed by atoms with Crippen molar-refractivity contribution in [3.05, 3.63) is 212 Å². The fourth-order valence-electron chi connectivity index (χ4n) is 18.1. The van der Waals surface area contributed by atoms with Gasteiger partial charge in [-0.1, -0.05) is 100 Å². The lowest BCUT2D eigenvalue weighted by Crippen LogP contribution is -2.35. The number of carbonyl (C=O) groups is 4. The number of hydrogen-bond acceptors (Lipinski definition) is 14. The van der Waals surface area contributed by atoms with E-state index in [9.17, 15) is 98.2 Å².